The van der Waals surface area contributed by atoms with E-state index in [9.17, 15) is 9.59 Å². The molecule has 1 aromatic carbocycles. The molecule has 4 rings (SSSR count). The second-order valence-corrected chi connectivity index (χ2v) is 10.4. The van der Waals surface area contributed by atoms with E-state index in [0.29, 0.717) is 32.6 Å². The summed E-state index contributed by atoms with van der Waals surface area (Å²) in [5.41, 5.74) is 1.55. The Morgan fingerprint density at radius 3 is 2.84 bits per heavy atom. The number of amides is 1. The zero-order valence-corrected chi connectivity index (χ0v) is 19.6. The minimum atomic E-state index is -0.381. The molecule has 0 saturated heterocycles. The molecule has 0 radical (unpaired) electrons. The number of thiophene rings is 1. The molecule has 1 aliphatic carbocycles. The third kappa shape index (κ3) is 4.32. The summed E-state index contributed by atoms with van der Waals surface area (Å²) in [6.45, 7) is 6.56. The molecule has 1 N–H and O–H groups in total. The Kier molecular flexibility index (Phi) is 5.79. The second-order valence-electron chi connectivity index (χ2n) is 8.94. The van der Waals surface area contributed by atoms with Crippen LogP contribution in [0.1, 0.15) is 37.6 Å². The quantitative estimate of drug-likeness (QED) is 0.627. The van der Waals surface area contributed by atoms with Crippen LogP contribution in [0, 0.1) is 11.3 Å². The number of rotatable bonds is 4. The van der Waals surface area contributed by atoms with Gasteiger partial charge in [-0.1, -0.05) is 37.6 Å². The predicted molar refractivity (Wildman–Crippen MR) is 123 cm³/mol. The Bertz CT molecular complexity index is 1210. The van der Waals surface area contributed by atoms with Gasteiger partial charge in [0, 0.05) is 10.6 Å². The second kappa shape index (κ2) is 8.24. The Labute approximate surface area is 189 Å². The largest absolute Gasteiger partial charge is 0.495 e. The average molecular weight is 461 g/mol. The van der Waals surface area contributed by atoms with E-state index >= 15 is 0 Å². The fourth-order valence-electron chi connectivity index (χ4n) is 4.05. The fraction of sp³-hybridized carbons (Fsp3) is 0.455. The lowest BCUT2D eigenvalue weighted by molar-refractivity contribution is -0.117. The standard InChI is InChI=1S/C22H25ClN4O3S/c1-22(2,3)12-5-7-14-17(9-12)31-20-19(14)21(29)27(26-25-20)11-18(28)24-13-6-8-16(30-4)15(23)10-13/h6,8,10,12H,5,7,9,11H2,1-4H3,(H,24,28). The number of nitrogens with one attached hydrogen (secondary N) is 1. The first-order chi connectivity index (χ1) is 14.7. The zero-order valence-electron chi connectivity index (χ0n) is 18.0. The van der Waals surface area contributed by atoms with Crippen LogP contribution in [0.4, 0.5) is 5.69 Å². The maximum Gasteiger partial charge on any atom is 0.279 e. The average Bonchev–Trinajstić information content (AvgIpc) is 3.08. The summed E-state index contributed by atoms with van der Waals surface area (Å²) < 4.78 is 6.24. The number of anilines is 1. The van der Waals surface area contributed by atoms with E-state index in [1.54, 1.807) is 29.5 Å². The normalized spacial score (nSPS) is 16.2. The SMILES string of the molecule is COc1ccc(NC(=O)Cn2nnc3sc4c(c3c2=O)CCC(C(C)(C)C)C4)cc1Cl. The minimum Gasteiger partial charge on any atom is -0.495 e. The third-order valence-electron chi connectivity index (χ3n) is 5.89. The van der Waals surface area contributed by atoms with Crippen molar-refractivity contribution in [3.05, 3.63) is 44.0 Å². The van der Waals surface area contributed by atoms with Gasteiger partial charge in [-0.25, -0.2) is 4.68 Å². The first-order valence-corrected chi connectivity index (χ1v) is 11.4. The van der Waals surface area contributed by atoms with Crippen molar-refractivity contribution in [2.75, 3.05) is 12.4 Å². The molecule has 9 heteroatoms. The van der Waals surface area contributed by atoms with Crippen LogP contribution in [0.5, 0.6) is 5.75 Å². The van der Waals surface area contributed by atoms with E-state index in [2.05, 4.69) is 36.4 Å². The number of benzene rings is 1. The van der Waals surface area contributed by atoms with E-state index in [-0.39, 0.29) is 23.4 Å². The molecule has 2 heterocycles. The minimum absolute atomic E-state index is 0.222. The van der Waals surface area contributed by atoms with Gasteiger partial charge in [-0.15, -0.1) is 16.4 Å². The summed E-state index contributed by atoms with van der Waals surface area (Å²) in [4.78, 5) is 27.5. The number of nitrogens with zero attached hydrogens (tertiary/aromatic N) is 3. The van der Waals surface area contributed by atoms with Crippen LogP contribution in [0.2, 0.25) is 5.02 Å². The van der Waals surface area contributed by atoms with Crippen LogP contribution in [0.25, 0.3) is 10.2 Å². The van der Waals surface area contributed by atoms with Gasteiger partial charge in [-0.05, 0) is 54.4 Å². The molecular weight excluding hydrogens is 436 g/mol. The van der Waals surface area contributed by atoms with Gasteiger partial charge in [0.05, 0.1) is 17.5 Å². The highest BCUT2D eigenvalue weighted by molar-refractivity contribution is 7.18. The molecule has 0 fully saturated rings. The van der Waals surface area contributed by atoms with E-state index in [1.807, 2.05) is 0 Å². The van der Waals surface area contributed by atoms with Crippen molar-refractivity contribution >= 4 is 44.7 Å². The molecule has 1 atom stereocenters. The fourth-order valence-corrected chi connectivity index (χ4v) is 5.54. The monoisotopic (exact) mass is 460 g/mol. The summed E-state index contributed by atoms with van der Waals surface area (Å²) in [7, 11) is 1.52. The van der Waals surface area contributed by atoms with Gasteiger partial charge >= 0.3 is 0 Å². The number of ether oxygens (including phenoxy) is 1. The molecule has 31 heavy (non-hydrogen) atoms. The van der Waals surface area contributed by atoms with Gasteiger partial charge < -0.3 is 10.1 Å². The summed E-state index contributed by atoms with van der Waals surface area (Å²) in [5, 5.41) is 12.0. The van der Waals surface area contributed by atoms with E-state index in [1.165, 1.54) is 12.0 Å². The van der Waals surface area contributed by atoms with Gasteiger partial charge in [-0.2, -0.15) is 0 Å². The number of methoxy groups -OCH3 is 1. The Hall–Kier alpha value is -2.45. The van der Waals surface area contributed by atoms with Crippen LogP contribution in [0.3, 0.4) is 0 Å². The maximum atomic E-state index is 13.1. The third-order valence-corrected chi connectivity index (χ3v) is 7.33. The van der Waals surface area contributed by atoms with Crippen LogP contribution in [-0.4, -0.2) is 28.0 Å². The van der Waals surface area contributed by atoms with Crippen molar-refractivity contribution in [3.63, 3.8) is 0 Å². The highest BCUT2D eigenvalue weighted by atomic mass is 35.5. The molecule has 2 aromatic heterocycles. The van der Waals surface area contributed by atoms with Crippen LogP contribution in [-0.2, 0) is 24.2 Å². The van der Waals surface area contributed by atoms with Gasteiger partial charge in [0.2, 0.25) is 5.91 Å². The summed E-state index contributed by atoms with van der Waals surface area (Å²) in [5.74, 6) is 0.711. The Morgan fingerprint density at radius 2 is 2.16 bits per heavy atom. The number of hydrogen-bond donors (Lipinski definition) is 1. The lowest BCUT2D eigenvalue weighted by Crippen LogP contribution is -2.31. The van der Waals surface area contributed by atoms with Crippen molar-refractivity contribution in [2.24, 2.45) is 11.3 Å². The molecule has 1 amide bonds. The Balaban J connectivity index is 1.57. The van der Waals surface area contributed by atoms with Crippen molar-refractivity contribution in [2.45, 2.75) is 46.6 Å². The molecule has 0 aliphatic heterocycles. The number of aryl methyl sites for hydroxylation is 1. The number of aromatic nitrogens is 3. The molecule has 1 aliphatic rings. The number of halogens is 1. The smallest absolute Gasteiger partial charge is 0.279 e. The Morgan fingerprint density at radius 1 is 1.39 bits per heavy atom. The lowest BCUT2D eigenvalue weighted by Gasteiger charge is -2.33. The van der Waals surface area contributed by atoms with Crippen molar-refractivity contribution < 1.29 is 9.53 Å². The molecule has 0 spiro atoms. The van der Waals surface area contributed by atoms with E-state index in [0.717, 1.165) is 29.5 Å². The van der Waals surface area contributed by atoms with Crippen molar-refractivity contribution in [1.82, 2.24) is 15.0 Å². The zero-order chi connectivity index (χ0) is 22.3. The molecule has 0 bridgehead atoms. The summed E-state index contributed by atoms with van der Waals surface area (Å²) in [6, 6.07) is 4.94. The predicted octanol–water partition coefficient (Wildman–Crippen LogP) is 4.30. The van der Waals surface area contributed by atoms with Crippen LogP contribution >= 0.6 is 22.9 Å². The molecule has 3 aromatic rings. The first kappa shape index (κ1) is 21.8. The molecular formula is C22H25ClN4O3S. The molecule has 0 saturated carbocycles. The lowest BCUT2D eigenvalue weighted by atomic mass is 9.72. The van der Waals surface area contributed by atoms with Gasteiger partial charge in [0.15, 0.2) is 4.83 Å². The molecule has 1 unspecified atom stereocenters. The number of fused-ring (bicyclic) bond motifs is 3. The summed E-state index contributed by atoms with van der Waals surface area (Å²) in [6.07, 6.45) is 2.86. The maximum absolute atomic E-state index is 13.1. The van der Waals surface area contributed by atoms with Crippen LogP contribution in [0.15, 0.2) is 23.0 Å². The number of carbonyl (C=O) groups excluding carboxylic acids is 1. The van der Waals surface area contributed by atoms with Gasteiger partial charge in [0.25, 0.3) is 5.56 Å². The molecule has 7 nitrogen and oxygen atoms in total. The highest BCUT2D eigenvalue weighted by Gasteiger charge is 2.32. The summed E-state index contributed by atoms with van der Waals surface area (Å²) >= 11 is 7.66. The first-order valence-electron chi connectivity index (χ1n) is 10.2. The topological polar surface area (TPSA) is 86.1 Å². The van der Waals surface area contributed by atoms with Crippen LogP contribution < -0.4 is 15.6 Å². The van der Waals surface area contributed by atoms with Crippen molar-refractivity contribution in [3.8, 4) is 5.75 Å². The highest BCUT2D eigenvalue weighted by Crippen LogP contribution is 2.41. The molecule has 164 valence electrons. The van der Waals surface area contributed by atoms with Crippen molar-refractivity contribution in [1.29, 1.82) is 0 Å². The van der Waals surface area contributed by atoms with E-state index < -0.39 is 0 Å². The van der Waals surface area contributed by atoms with Gasteiger partial charge in [-0.3, -0.25) is 9.59 Å². The number of carbonyl (C=O) groups is 1. The van der Waals surface area contributed by atoms with E-state index in [4.69, 9.17) is 16.3 Å². The van der Waals surface area contributed by atoms with Gasteiger partial charge in [0.1, 0.15) is 12.3 Å². The number of hydrogen-bond acceptors (Lipinski definition) is 6.